The fourth-order valence-electron chi connectivity index (χ4n) is 9.04. The van der Waals surface area contributed by atoms with Crippen molar-refractivity contribution < 1.29 is 18.9 Å². The van der Waals surface area contributed by atoms with Crippen molar-refractivity contribution in [2.75, 3.05) is 28.4 Å². The molecule has 8 aromatic carbocycles. The van der Waals surface area contributed by atoms with Crippen LogP contribution in [-0.2, 0) is 0 Å². The first kappa shape index (κ1) is 44.4. The van der Waals surface area contributed by atoms with Gasteiger partial charge in [0, 0.05) is 0 Å². The standard InChI is InChI=1S/2C28H29O2P/c2*1-18-13-25(14-19(2)27(18)29-5)31(26-15-20(3)28(30-6)21(4)16-26)24-12-11-22-9-7-8-10-23(22)17-24/h2*7-17H,1-6H3. The van der Waals surface area contributed by atoms with Crippen molar-refractivity contribution in [1.82, 2.24) is 0 Å². The predicted octanol–water partition coefficient (Wildman–Crippen LogP) is 11.7. The molecule has 0 aliphatic heterocycles. The summed E-state index contributed by atoms with van der Waals surface area (Å²) in [5.41, 5.74) is 9.39. The second kappa shape index (κ2) is 19.2. The average Bonchev–Trinajstić information content (AvgIpc) is 3.24. The van der Waals surface area contributed by atoms with E-state index in [2.05, 4.69) is 189 Å². The molecule has 0 saturated heterocycles. The predicted molar refractivity (Wildman–Crippen MR) is 269 cm³/mol. The van der Waals surface area contributed by atoms with Crippen LogP contribution in [0.25, 0.3) is 21.5 Å². The molecule has 0 aliphatic carbocycles. The molecule has 0 radical (unpaired) electrons. The lowest BCUT2D eigenvalue weighted by Gasteiger charge is -2.23. The molecule has 8 rings (SSSR count). The van der Waals surface area contributed by atoms with Crippen molar-refractivity contribution in [3.63, 3.8) is 0 Å². The minimum absolute atomic E-state index is 0.730. The van der Waals surface area contributed by atoms with E-state index in [-0.39, 0.29) is 0 Å². The summed E-state index contributed by atoms with van der Waals surface area (Å²) in [6.45, 7) is 17.1. The summed E-state index contributed by atoms with van der Waals surface area (Å²) < 4.78 is 22.6. The third-order valence-electron chi connectivity index (χ3n) is 11.6. The lowest BCUT2D eigenvalue weighted by molar-refractivity contribution is 0.408. The second-order valence-electron chi connectivity index (χ2n) is 16.2. The molecule has 316 valence electrons. The van der Waals surface area contributed by atoms with Crippen LogP contribution >= 0.6 is 15.8 Å². The number of benzene rings is 8. The quantitative estimate of drug-likeness (QED) is 0.128. The van der Waals surface area contributed by atoms with Crippen molar-refractivity contribution in [1.29, 1.82) is 0 Å². The highest BCUT2D eigenvalue weighted by Gasteiger charge is 2.23. The normalized spacial score (nSPS) is 11.2. The van der Waals surface area contributed by atoms with Gasteiger partial charge in [0.2, 0.25) is 0 Å². The molecule has 0 heterocycles. The van der Waals surface area contributed by atoms with Gasteiger partial charge in [-0.05, 0) is 230 Å². The molecule has 0 aromatic heterocycles. The number of aryl methyl sites for hydroxylation is 8. The van der Waals surface area contributed by atoms with Crippen LogP contribution in [0.4, 0.5) is 0 Å². The van der Waals surface area contributed by atoms with Crippen LogP contribution in [-0.4, -0.2) is 28.4 Å². The van der Waals surface area contributed by atoms with Crippen LogP contribution in [0.5, 0.6) is 23.0 Å². The average molecular weight is 857 g/mol. The molecule has 0 saturated carbocycles. The van der Waals surface area contributed by atoms with Crippen molar-refractivity contribution in [2.45, 2.75) is 55.4 Å². The fourth-order valence-corrected chi connectivity index (χ4v) is 14.4. The van der Waals surface area contributed by atoms with E-state index < -0.39 is 15.8 Å². The molecule has 0 aliphatic rings. The minimum atomic E-state index is -0.730. The molecule has 0 fully saturated rings. The number of hydrogen-bond donors (Lipinski definition) is 0. The highest BCUT2D eigenvalue weighted by molar-refractivity contribution is 7.80. The zero-order valence-corrected chi connectivity index (χ0v) is 40.0. The molecular formula is C56H58O4P2. The van der Waals surface area contributed by atoms with E-state index in [1.165, 1.54) is 97.9 Å². The molecule has 0 unspecified atom stereocenters. The molecule has 4 nitrogen and oxygen atoms in total. The van der Waals surface area contributed by atoms with E-state index in [1.807, 2.05) is 0 Å². The molecule has 6 heteroatoms. The molecule has 62 heavy (non-hydrogen) atoms. The molecule has 0 N–H and O–H groups in total. The van der Waals surface area contributed by atoms with E-state index in [1.54, 1.807) is 28.4 Å². The highest BCUT2D eigenvalue weighted by Crippen LogP contribution is 2.40. The van der Waals surface area contributed by atoms with Gasteiger partial charge >= 0.3 is 0 Å². The van der Waals surface area contributed by atoms with Gasteiger partial charge in [-0.25, -0.2) is 0 Å². The Labute approximate surface area is 371 Å². The van der Waals surface area contributed by atoms with E-state index in [0.29, 0.717) is 0 Å². The number of hydrogen-bond acceptors (Lipinski definition) is 4. The lowest BCUT2D eigenvalue weighted by atomic mass is 10.1. The van der Waals surface area contributed by atoms with Gasteiger partial charge in [0.25, 0.3) is 0 Å². The molecule has 8 aromatic rings. The SMILES string of the molecule is COc1c(C)cc(P(c2cc(C)c(OC)c(C)c2)c2ccc3ccccc3c2)cc1C.COc1c(C)cc(P(c2cc(C)c(OC)c(C)c2)c2ccc3ccccc3c2)cc1C. The Bertz CT molecular complexity index is 2510. The molecule has 0 amide bonds. The number of rotatable bonds is 10. The van der Waals surface area contributed by atoms with Gasteiger partial charge in [0.05, 0.1) is 28.4 Å². The van der Waals surface area contributed by atoms with Crippen LogP contribution in [0.1, 0.15) is 44.5 Å². The van der Waals surface area contributed by atoms with E-state index in [0.717, 1.165) is 23.0 Å². The topological polar surface area (TPSA) is 36.9 Å². The molecule has 0 spiro atoms. The van der Waals surface area contributed by atoms with Crippen LogP contribution in [0, 0.1) is 55.4 Å². The number of ether oxygens (including phenoxy) is 4. The Balaban J connectivity index is 0.000000186. The summed E-state index contributed by atoms with van der Waals surface area (Å²) in [7, 11) is 5.53. The first-order chi connectivity index (χ1) is 29.8. The summed E-state index contributed by atoms with van der Waals surface area (Å²) in [6.07, 6.45) is 0. The Morgan fingerprint density at radius 3 is 0.710 bits per heavy atom. The summed E-state index contributed by atoms with van der Waals surface area (Å²) in [4.78, 5) is 0. The summed E-state index contributed by atoms with van der Waals surface area (Å²) in [6, 6.07) is 49.3. The fraction of sp³-hybridized carbons (Fsp3) is 0.214. The first-order valence-electron chi connectivity index (χ1n) is 21.0. The summed E-state index contributed by atoms with van der Waals surface area (Å²) in [5.74, 6) is 3.89. The lowest BCUT2D eigenvalue weighted by Crippen LogP contribution is -2.22. The third kappa shape index (κ3) is 9.10. The highest BCUT2D eigenvalue weighted by atomic mass is 31.1. The van der Waals surface area contributed by atoms with Gasteiger partial charge in [-0.15, -0.1) is 0 Å². The Morgan fingerprint density at radius 2 is 0.484 bits per heavy atom. The maximum atomic E-state index is 5.64. The molecule has 0 atom stereocenters. The summed E-state index contributed by atoms with van der Waals surface area (Å²) >= 11 is 0. The number of fused-ring (bicyclic) bond motifs is 2. The minimum Gasteiger partial charge on any atom is -0.496 e. The Kier molecular flexibility index (Phi) is 13.7. The monoisotopic (exact) mass is 856 g/mol. The van der Waals surface area contributed by atoms with E-state index in [4.69, 9.17) is 18.9 Å². The van der Waals surface area contributed by atoms with Gasteiger partial charge in [0.1, 0.15) is 23.0 Å². The zero-order valence-electron chi connectivity index (χ0n) is 38.2. The maximum absolute atomic E-state index is 5.64. The third-order valence-corrected chi connectivity index (χ3v) is 16.3. The van der Waals surface area contributed by atoms with Gasteiger partial charge in [-0.3, -0.25) is 0 Å². The van der Waals surface area contributed by atoms with Crippen LogP contribution < -0.4 is 50.8 Å². The van der Waals surface area contributed by atoms with Crippen molar-refractivity contribution >= 4 is 69.2 Å². The zero-order chi connectivity index (χ0) is 44.2. The van der Waals surface area contributed by atoms with Gasteiger partial charge in [-0.1, -0.05) is 72.8 Å². The van der Waals surface area contributed by atoms with Crippen molar-refractivity contribution in [3.05, 3.63) is 178 Å². The Morgan fingerprint density at radius 1 is 0.258 bits per heavy atom. The summed E-state index contributed by atoms with van der Waals surface area (Å²) in [5, 5.41) is 13.1. The Hall–Kier alpha value is -5.66. The van der Waals surface area contributed by atoms with Crippen LogP contribution in [0.3, 0.4) is 0 Å². The molecular weight excluding hydrogens is 799 g/mol. The number of methoxy groups -OCH3 is 4. The van der Waals surface area contributed by atoms with Crippen LogP contribution in [0.15, 0.2) is 133 Å². The molecule has 0 bridgehead atoms. The van der Waals surface area contributed by atoms with Gasteiger partial charge < -0.3 is 18.9 Å². The van der Waals surface area contributed by atoms with E-state index in [9.17, 15) is 0 Å². The largest absolute Gasteiger partial charge is 0.496 e. The first-order valence-corrected chi connectivity index (χ1v) is 23.7. The smallest absolute Gasteiger partial charge is 0.124 e. The van der Waals surface area contributed by atoms with Crippen molar-refractivity contribution in [3.8, 4) is 23.0 Å². The van der Waals surface area contributed by atoms with Crippen molar-refractivity contribution in [2.24, 2.45) is 0 Å². The van der Waals surface area contributed by atoms with Crippen LogP contribution in [0.2, 0.25) is 0 Å². The van der Waals surface area contributed by atoms with E-state index >= 15 is 0 Å². The maximum Gasteiger partial charge on any atom is 0.124 e. The second-order valence-corrected chi connectivity index (χ2v) is 20.6. The van der Waals surface area contributed by atoms with Gasteiger partial charge in [-0.2, -0.15) is 0 Å². The van der Waals surface area contributed by atoms with Gasteiger partial charge in [0.15, 0.2) is 0 Å².